The molecule has 0 aliphatic heterocycles. The molecule has 3 rings (SSSR count). The van der Waals surface area contributed by atoms with Crippen LogP contribution in [-0.4, -0.2) is 0 Å². The Morgan fingerprint density at radius 1 is 0.867 bits per heavy atom. The molecule has 15 heavy (non-hydrogen) atoms. The van der Waals surface area contributed by atoms with Crippen LogP contribution in [0.3, 0.4) is 0 Å². The summed E-state index contributed by atoms with van der Waals surface area (Å²) in [6, 6.07) is 19.2. The van der Waals surface area contributed by atoms with Crippen LogP contribution < -0.4 is 0 Å². The van der Waals surface area contributed by atoms with Gasteiger partial charge in [0.1, 0.15) is 0 Å². The Bertz CT molecular complexity index is 431. The first-order chi connectivity index (χ1) is 7.43. The maximum atomic E-state index is 3.55. The van der Waals surface area contributed by atoms with Gasteiger partial charge in [0.05, 0.1) is 0 Å². The van der Waals surface area contributed by atoms with Crippen LogP contribution in [-0.2, 0) is 6.42 Å². The number of fused-ring (bicyclic) bond motifs is 1. The van der Waals surface area contributed by atoms with Gasteiger partial charge in [-0.3, -0.25) is 0 Å². The lowest BCUT2D eigenvalue weighted by Crippen LogP contribution is -1.94. The first kappa shape index (κ1) is 8.72. The van der Waals surface area contributed by atoms with Crippen LogP contribution in [0.2, 0.25) is 0 Å². The van der Waals surface area contributed by atoms with Gasteiger partial charge in [-0.1, -0.05) is 54.6 Å². The summed E-state index contributed by atoms with van der Waals surface area (Å²) < 4.78 is 0. The van der Waals surface area contributed by atoms with Gasteiger partial charge in [0, 0.05) is 6.42 Å². The first-order valence-electron chi connectivity index (χ1n) is 5.33. The number of hydrogen-bond acceptors (Lipinski definition) is 0. The van der Waals surface area contributed by atoms with E-state index >= 15 is 0 Å². The maximum Gasteiger partial charge on any atom is 0.0251 e. The molecule has 2 radical (unpaired) electrons. The predicted molar refractivity (Wildman–Crippen MR) is 61.7 cm³/mol. The van der Waals surface area contributed by atoms with Crippen molar-refractivity contribution in [2.75, 3.05) is 0 Å². The molecule has 1 aliphatic carbocycles. The summed E-state index contributed by atoms with van der Waals surface area (Å²) in [6.07, 6.45) is 4.65. The molecule has 2 aromatic rings. The fourth-order valence-corrected chi connectivity index (χ4v) is 2.18. The van der Waals surface area contributed by atoms with Crippen LogP contribution in [0.25, 0.3) is 0 Å². The minimum absolute atomic E-state index is 0.448. The SMILES string of the molecule is [C]1c2ccccc2CC1c1ccccc1. The maximum absolute atomic E-state index is 3.55. The summed E-state index contributed by atoms with van der Waals surface area (Å²) in [6.45, 7) is 0. The van der Waals surface area contributed by atoms with E-state index in [0.29, 0.717) is 5.92 Å². The first-order valence-corrected chi connectivity index (χ1v) is 5.33. The second-order valence-corrected chi connectivity index (χ2v) is 3.97. The number of rotatable bonds is 1. The van der Waals surface area contributed by atoms with E-state index in [2.05, 4.69) is 61.0 Å². The zero-order chi connectivity index (χ0) is 10.1. The molecular weight excluding hydrogens is 180 g/mol. The Kier molecular flexibility index (Phi) is 2.06. The highest BCUT2D eigenvalue weighted by Gasteiger charge is 2.22. The van der Waals surface area contributed by atoms with Gasteiger partial charge in [-0.05, 0) is 29.0 Å². The highest BCUT2D eigenvalue weighted by atomic mass is 14.3. The molecule has 1 aliphatic rings. The molecule has 0 heterocycles. The van der Waals surface area contributed by atoms with Crippen molar-refractivity contribution in [3.05, 3.63) is 77.7 Å². The molecule has 1 unspecified atom stereocenters. The molecular formula is C15H12. The summed E-state index contributed by atoms with van der Waals surface area (Å²) in [7, 11) is 0. The van der Waals surface area contributed by atoms with Crippen LogP contribution in [0.4, 0.5) is 0 Å². The van der Waals surface area contributed by atoms with E-state index in [1.807, 2.05) is 0 Å². The summed E-state index contributed by atoms with van der Waals surface area (Å²) in [5, 5.41) is 0. The third-order valence-corrected chi connectivity index (χ3v) is 2.97. The lowest BCUT2D eigenvalue weighted by Gasteiger charge is -2.07. The summed E-state index contributed by atoms with van der Waals surface area (Å²) in [5.41, 5.74) is 4.08. The van der Waals surface area contributed by atoms with Gasteiger partial charge in [-0.2, -0.15) is 0 Å². The second kappa shape index (κ2) is 3.54. The summed E-state index contributed by atoms with van der Waals surface area (Å²) in [4.78, 5) is 0. The molecule has 0 fully saturated rings. The average Bonchev–Trinajstić information content (AvgIpc) is 2.74. The molecule has 1 atom stereocenters. The standard InChI is InChI=1S/C15H12/c1-2-6-12(7-3-1)15-10-13-8-4-5-9-14(13)11-15/h1-9,15H,10H2. The zero-order valence-corrected chi connectivity index (χ0v) is 8.48. The van der Waals surface area contributed by atoms with E-state index in [-0.39, 0.29) is 0 Å². The molecule has 0 bridgehead atoms. The summed E-state index contributed by atoms with van der Waals surface area (Å²) in [5.74, 6) is 0.448. The Labute approximate surface area is 90.6 Å². The fraction of sp³-hybridized carbons (Fsp3) is 0.133. The van der Waals surface area contributed by atoms with E-state index in [9.17, 15) is 0 Å². The van der Waals surface area contributed by atoms with Gasteiger partial charge >= 0.3 is 0 Å². The molecule has 72 valence electrons. The minimum Gasteiger partial charge on any atom is -0.0622 e. The normalized spacial score (nSPS) is 15.2. The van der Waals surface area contributed by atoms with E-state index in [1.165, 1.54) is 16.7 Å². The Morgan fingerprint density at radius 2 is 1.60 bits per heavy atom. The highest BCUT2D eigenvalue weighted by Crippen LogP contribution is 2.35. The van der Waals surface area contributed by atoms with E-state index in [4.69, 9.17) is 0 Å². The smallest absolute Gasteiger partial charge is 0.0251 e. The Morgan fingerprint density at radius 3 is 2.40 bits per heavy atom. The van der Waals surface area contributed by atoms with Crippen molar-refractivity contribution in [1.29, 1.82) is 0 Å². The fourth-order valence-electron chi connectivity index (χ4n) is 2.18. The average molecular weight is 192 g/mol. The van der Waals surface area contributed by atoms with Crippen LogP contribution in [0, 0.1) is 6.42 Å². The summed E-state index contributed by atoms with van der Waals surface area (Å²) >= 11 is 0. The Balaban J connectivity index is 1.91. The van der Waals surface area contributed by atoms with Crippen molar-refractivity contribution in [3.63, 3.8) is 0 Å². The van der Waals surface area contributed by atoms with Crippen molar-refractivity contribution in [2.45, 2.75) is 12.3 Å². The van der Waals surface area contributed by atoms with Crippen molar-refractivity contribution in [2.24, 2.45) is 0 Å². The van der Waals surface area contributed by atoms with Gasteiger partial charge in [-0.25, -0.2) is 0 Å². The molecule has 0 N–H and O–H groups in total. The number of hydrogen-bond donors (Lipinski definition) is 0. The van der Waals surface area contributed by atoms with Gasteiger partial charge < -0.3 is 0 Å². The van der Waals surface area contributed by atoms with Crippen molar-refractivity contribution in [3.8, 4) is 0 Å². The quantitative estimate of drug-likeness (QED) is 0.649. The van der Waals surface area contributed by atoms with Gasteiger partial charge in [0.25, 0.3) is 0 Å². The highest BCUT2D eigenvalue weighted by molar-refractivity contribution is 5.44. The minimum atomic E-state index is 0.448. The van der Waals surface area contributed by atoms with Crippen molar-refractivity contribution < 1.29 is 0 Å². The van der Waals surface area contributed by atoms with Crippen LogP contribution in [0.1, 0.15) is 22.6 Å². The van der Waals surface area contributed by atoms with Crippen molar-refractivity contribution >= 4 is 0 Å². The molecule has 0 aromatic heterocycles. The predicted octanol–water partition coefficient (Wildman–Crippen LogP) is 3.46. The van der Waals surface area contributed by atoms with Gasteiger partial charge in [0.2, 0.25) is 0 Å². The van der Waals surface area contributed by atoms with E-state index in [1.54, 1.807) is 0 Å². The lowest BCUT2D eigenvalue weighted by atomic mass is 9.96. The zero-order valence-electron chi connectivity index (χ0n) is 8.48. The molecule has 0 saturated heterocycles. The van der Waals surface area contributed by atoms with Crippen LogP contribution >= 0.6 is 0 Å². The van der Waals surface area contributed by atoms with Crippen LogP contribution in [0.15, 0.2) is 54.6 Å². The molecule has 0 spiro atoms. The van der Waals surface area contributed by atoms with Crippen molar-refractivity contribution in [1.82, 2.24) is 0 Å². The van der Waals surface area contributed by atoms with Gasteiger partial charge in [0.15, 0.2) is 0 Å². The third-order valence-electron chi connectivity index (χ3n) is 2.97. The monoisotopic (exact) mass is 192 g/mol. The van der Waals surface area contributed by atoms with E-state index in [0.717, 1.165) is 6.42 Å². The molecule has 0 heteroatoms. The topological polar surface area (TPSA) is 0 Å². The van der Waals surface area contributed by atoms with E-state index < -0.39 is 0 Å². The number of benzene rings is 2. The Hall–Kier alpha value is -1.56. The molecule has 0 nitrogen and oxygen atoms in total. The third kappa shape index (κ3) is 1.56. The van der Waals surface area contributed by atoms with Gasteiger partial charge in [-0.15, -0.1) is 0 Å². The van der Waals surface area contributed by atoms with Crippen LogP contribution in [0.5, 0.6) is 0 Å². The molecule has 2 aromatic carbocycles. The second-order valence-electron chi connectivity index (χ2n) is 3.97. The lowest BCUT2D eigenvalue weighted by molar-refractivity contribution is 0.847. The molecule has 0 saturated carbocycles. The molecule has 0 amide bonds. The largest absolute Gasteiger partial charge is 0.0622 e.